The van der Waals surface area contributed by atoms with Crippen LogP contribution in [0.5, 0.6) is 0 Å². The Bertz CT molecular complexity index is 350. The minimum Gasteiger partial charge on any atom is -0.264 e. The predicted octanol–water partition coefficient (Wildman–Crippen LogP) is 1.49. The van der Waals surface area contributed by atoms with Crippen LogP contribution in [0.2, 0.25) is 0 Å². The van der Waals surface area contributed by atoms with E-state index in [1.54, 1.807) is 12.1 Å². The zero-order valence-electron chi connectivity index (χ0n) is 6.65. The average Bonchev–Trinajstić information content (AvgIpc) is 2.05. The first-order valence-corrected chi connectivity index (χ1v) is 4.72. The van der Waals surface area contributed by atoms with Crippen LogP contribution in [0.3, 0.4) is 0 Å². The monoisotopic (exact) mass is 185 g/mol. The van der Waals surface area contributed by atoms with Crippen LogP contribution >= 0.6 is 0 Å². The third-order valence-corrected chi connectivity index (χ3v) is 2.62. The molecule has 0 bridgehead atoms. The highest BCUT2D eigenvalue weighted by Gasteiger charge is 2.11. The second-order valence-corrected chi connectivity index (χ2v) is 4.00. The summed E-state index contributed by atoms with van der Waals surface area (Å²) in [6, 6.07) is 6.36. The maximum atomic E-state index is 11.0. The first-order chi connectivity index (χ1) is 5.56. The molecule has 0 aromatic heterocycles. The molecule has 0 spiro atoms. The smallest absolute Gasteiger partial charge is 0.264 e. The number of aryl methyl sites for hydroxylation is 1. The molecule has 0 aliphatic carbocycles. The summed E-state index contributed by atoms with van der Waals surface area (Å²) < 4.78 is 26.1. The molecule has 12 heavy (non-hydrogen) atoms. The van der Waals surface area contributed by atoms with E-state index in [9.17, 15) is 8.42 Å². The fourth-order valence-corrected chi connectivity index (χ4v) is 1.38. The van der Waals surface area contributed by atoms with Crippen LogP contribution in [0.1, 0.15) is 5.56 Å². The number of rotatable bonds is 2. The molecule has 0 amide bonds. The van der Waals surface area contributed by atoms with Crippen molar-refractivity contribution in [3.63, 3.8) is 0 Å². The van der Waals surface area contributed by atoms with Crippen LogP contribution in [-0.2, 0) is 14.3 Å². The SMILES string of the molecule is [CH2]OS(=O)(=O)c1ccc(C)cc1. The highest BCUT2D eigenvalue weighted by atomic mass is 32.2. The van der Waals surface area contributed by atoms with Gasteiger partial charge in [-0.05, 0) is 19.1 Å². The van der Waals surface area contributed by atoms with Crippen molar-refractivity contribution in [1.29, 1.82) is 0 Å². The van der Waals surface area contributed by atoms with Gasteiger partial charge >= 0.3 is 0 Å². The maximum Gasteiger partial charge on any atom is 0.297 e. The molecule has 0 aliphatic rings. The van der Waals surface area contributed by atoms with E-state index in [1.807, 2.05) is 6.92 Å². The Morgan fingerprint density at radius 2 is 1.75 bits per heavy atom. The molecule has 0 unspecified atom stereocenters. The topological polar surface area (TPSA) is 43.4 Å². The summed E-state index contributed by atoms with van der Waals surface area (Å²) in [5.74, 6) is 0. The van der Waals surface area contributed by atoms with E-state index >= 15 is 0 Å². The van der Waals surface area contributed by atoms with Gasteiger partial charge in [0.2, 0.25) is 0 Å². The Labute approximate surface area is 72.1 Å². The third-order valence-electron chi connectivity index (χ3n) is 1.46. The molecule has 0 atom stereocenters. The highest BCUT2D eigenvalue weighted by molar-refractivity contribution is 7.86. The molecule has 1 rings (SSSR count). The van der Waals surface area contributed by atoms with Gasteiger partial charge in [-0.1, -0.05) is 17.7 Å². The molecule has 3 nitrogen and oxygen atoms in total. The number of hydrogen-bond donors (Lipinski definition) is 0. The van der Waals surface area contributed by atoms with Crippen molar-refractivity contribution < 1.29 is 12.6 Å². The van der Waals surface area contributed by atoms with Crippen molar-refractivity contribution in [2.45, 2.75) is 11.8 Å². The van der Waals surface area contributed by atoms with Gasteiger partial charge in [-0.15, -0.1) is 0 Å². The molecular weight excluding hydrogens is 176 g/mol. The van der Waals surface area contributed by atoms with E-state index in [0.29, 0.717) is 0 Å². The molecule has 0 fully saturated rings. The van der Waals surface area contributed by atoms with Gasteiger partial charge in [0.25, 0.3) is 10.1 Å². The van der Waals surface area contributed by atoms with E-state index in [4.69, 9.17) is 0 Å². The third kappa shape index (κ3) is 1.84. The Kier molecular flexibility index (Phi) is 2.49. The molecule has 4 heteroatoms. The molecule has 1 radical (unpaired) electrons. The Hall–Kier alpha value is -0.870. The summed E-state index contributed by atoms with van der Waals surface area (Å²) in [7, 11) is -0.758. The van der Waals surface area contributed by atoms with Crippen LogP contribution in [0.4, 0.5) is 0 Å². The number of hydrogen-bond acceptors (Lipinski definition) is 3. The molecule has 0 aliphatic heterocycles. The van der Waals surface area contributed by atoms with Crippen molar-refractivity contribution in [3.8, 4) is 0 Å². The van der Waals surface area contributed by atoms with Crippen molar-refractivity contribution in [2.24, 2.45) is 0 Å². The second kappa shape index (κ2) is 3.25. The Balaban J connectivity index is 3.14. The molecule has 0 heterocycles. The van der Waals surface area contributed by atoms with Crippen LogP contribution in [0.25, 0.3) is 0 Å². The summed E-state index contributed by atoms with van der Waals surface area (Å²) in [5.41, 5.74) is 0.998. The van der Waals surface area contributed by atoms with Gasteiger partial charge in [0, 0.05) is 0 Å². The summed E-state index contributed by atoms with van der Waals surface area (Å²) in [6.45, 7) is 1.88. The van der Waals surface area contributed by atoms with Crippen molar-refractivity contribution in [2.75, 3.05) is 0 Å². The van der Waals surface area contributed by atoms with Gasteiger partial charge in [0.15, 0.2) is 0 Å². The quantitative estimate of drug-likeness (QED) is 0.656. The van der Waals surface area contributed by atoms with Gasteiger partial charge in [0.05, 0.1) is 12.0 Å². The molecule has 0 N–H and O–H groups in total. The Morgan fingerprint density at radius 3 is 2.17 bits per heavy atom. The van der Waals surface area contributed by atoms with E-state index in [0.717, 1.165) is 5.56 Å². The minimum atomic E-state index is -3.63. The summed E-state index contributed by atoms with van der Waals surface area (Å²) in [5, 5.41) is 0. The summed E-state index contributed by atoms with van der Waals surface area (Å²) in [6.07, 6.45) is 0. The molecule has 1 aromatic carbocycles. The lowest BCUT2D eigenvalue weighted by molar-refractivity contribution is 0.438. The van der Waals surface area contributed by atoms with Gasteiger partial charge in [-0.25, -0.2) is 0 Å². The second-order valence-electron chi connectivity index (χ2n) is 2.39. The van der Waals surface area contributed by atoms with E-state index in [1.165, 1.54) is 12.1 Å². The lowest BCUT2D eigenvalue weighted by Gasteiger charge is -2.00. The van der Waals surface area contributed by atoms with E-state index < -0.39 is 10.1 Å². The zero-order valence-corrected chi connectivity index (χ0v) is 7.47. The van der Waals surface area contributed by atoms with Gasteiger partial charge in [-0.2, -0.15) is 8.42 Å². The normalized spacial score (nSPS) is 11.5. The first kappa shape index (κ1) is 9.22. The van der Waals surface area contributed by atoms with Gasteiger partial charge < -0.3 is 0 Å². The highest BCUT2D eigenvalue weighted by Crippen LogP contribution is 2.11. The van der Waals surface area contributed by atoms with Crippen LogP contribution < -0.4 is 0 Å². The molecule has 0 saturated carbocycles. The first-order valence-electron chi connectivity index (χ1n) is 3.31. The standard InChI is InChI=1S/C8H9O3S/c1-7-3-5-8(6-4-7)12(9,10)11-2/h3-6H,2H2,1H3. The van der Waals surface area contributed by atoms with Crippen LogP contribution in [-0.4, -0.2) is 8.42 Å². The largest absolute Gasteiger partial charge is 0.297 e. The molecule has 65 valence electrons. The summed E-state index contributed by atoms with van der Waals surface area (Å²) in [4.78, 5) is 0.128. The van der Waals surface area contributed by atoms with Crippen molar-refractivity contribution in [3.05, 3.63) is 36.9 Å². The Morgan fingerprint density at radius 1 is 1.25 bits per heavy atom. The fourth-order valence-electron chi connectivity index (χ4n) is 0.773. The fraction of sp³-hybridized carbons (Fsp3) is 0.125. The molecule has 0 saturated heterocycles. The van der Waals surface area contributed by atoms with Crippen LogP contribution in [0, 0.1) is 14.0 Å². The van der Waals surface area contributed by atoms with E-state index in [2.05, 4.69) is 11.3 Å². The molecular formula is C8H9O3S. The maximum absolute atomic E-state index is 11.0. The van der Waals surface area contributed by atoms with Gasteiger partial charge in [0.1, 0.15) is 0 Å². The van der Waals surface area contributed by atoms with Crippen LogP contribution in [0.15, 0.2) is 29.2 Å². The lowest BCUT2D eigenvalue weighted by atomic mass is 10.2. The average molecular weight is 185 g/mol. The zero-order chi connectivity index (χ0) is 9.19. The lowest BCUT2D eigenvalue weighted by Crippen LogP contribution is -2.00. The summed E-state index contributed by atoms with van der Waals surface area (Å²) >= 11 is 0. The predicted molar refractivity (Wildman–Crippen MR) is 44.8 cm³/mol. The molecule has 1 aromatic rings. The van der Waals surface area contributed by atoms with Gasteiger partial charge in [-0.3, -0.25) is 4.18 Å². The van der Waals surface area contributed by atoms with Crippen molar-refractivity contribution >= 4 is 10.1 Å². The van der Waals surface area contributed by atoms with Crippen molar-refractivity contribution in [1.82, 2.24) is 0 Å². The van der Waals surface area contributed by atoms with E-state index in [-0.39, 0.29) is 4.90 Å². The minimum absolute atomic E-state index is 0.128. The number of benzene rings is 1.